The highest BCUT2D eigenvalue weighted by molar-refractivity contribution is 6.30. The van der Waals surface area contributed by atoms with Gasteiger partial charge in [-0.2, -0.15) is 5.10 Å². The van der Waals surface area contributed by atoms with Gasteiger partial charge in [0.15, 0.2) is 0 Å². The third-order valence-corrected chi connectivity index (χ3v) is 5.06. The van der Waals surface area contributed by atoms with Crippen LogP contribution in [-0.4, -0.2) is 21.5 Å². The van der Waals surface area contributed by atoms with E-state index in [4.69, 9.17) is 17.3 Å². The van der Waals surface area contributed by atoms with Gasteiger partial charge in [-0.1, -0.05) is 30.7 Å². The number of carbonyl (C=O) groups excluding carboxylic acids is 2. The number of primary amides is 1. The fourth-order valence-electron chi connectivity index (χ4n) is 3.22. The molecule has 0 aliphatic heterocycles. The average molecular weight is 414 g/mol. The van der Waals surface area contributed by atoms with E-state index in [1.54, 1.807) is 23.7 Å². The van der Waals surface area contributed by atoms with E-state index in [0.29, 0.717) is 17.0 Å². The van der Waals surface area contributed by atoms with Crippen LogP contribution >= 0.6 is 11.6 Å². The van der Waals surface area contributed by atoms with Crippen LogP contribution in [0.4, 0.5) is 4.39 Å². The number of nitrogens with two attached hydrogens (primary N) is 1. The lowest BCUT2D eigenvalue weighted by atomic mass is 9.92. The molecule has 1 heterocycles. The van der Waals surface area contributed by atoms with Crippen molar-refractivity contribution in [3.63, 3.8) is 0 Å². The molecular weight excluding hydrogens is 393 g/mol. The lowest BCUT2D eigenvalue weighted by Gasteiger charge is -2.13. The van der Waals surface area contributed by atoms with Crippen LogP contribution < -0.4 is 5.73 Å². The van der Waals surface area contributed by atoms with Crippen LogP contribution in [0.15, 0.2) is 48.5 Å². The molecule has 0 saturated carbocycles. The van der Waals surface area contributed by atoms with Crippen molar-refractivity contribution < 1.29 is 14.0 Å². The Kier molecular flexibility index (Phi) is 6.13. The van der Waals surface area contributed by atoms with E-state index in [1.165, 1.54) is 12.1 Å². The molecule has 0 fully saturated rings. The maximum atomic E-state index is 14.0. The number of carbonyl (C=O) groups is 2. The first-order valence-corrected chi connectivity index (χ1v) is 9.57. The van der Waals surface area contributed by atoms with Crippen LogP contribution in [0.2, 0.25) is 5.02 Å². The van der Waals surface area contributed by atoms with Crippen molar-refractivity contribution in [1.82, 2.24) is 9.78 Å². The minimum atomic E-state index is -0.835. The molecule has 2 aromatic carbocycles. The number of ketones is 1. The number of hydrogen-bond acceptors (Lipinski definition) is 3. The number of Topliss-reactive ketones (excluding diaryl/α,β-unsaturated/α-hetero) is 1. The molecule has 0 aliphatic rings. The smallest absolute Gasteiger partial charge is 0.251 e. The van der Waals surface area contributed by atoms with Gasteiger partial charge in [0, 0.05) is 23.1 Å². The van der Waals surface area contributed by atoms with Crippen molar-refractivity contribution in [2.24, 2.45) is 5.73 Å². The Bertz CT molecular complexity index is 1080. The predicted octanol–water partition coefficient (Wildman–Crippen LogP) is 4.38. The summed E-state index contributed by atoms with van der Waals surface area (Å²) in [4.78, 5) is 23.9. The molecule has 0 aliphatic carbocycles. The largest absolute Gasteiger partial charge is 0.366 e. The molecule has 0 spiro atoms. The number of hydrogen-bond donors (Lipinski definition) is 1. The molecule has 1 unspecified atom stereocenters. The topological polar surface area (TPSA) is 78.0 Å². The molecule has 1 aromatic heterocycles. The number of aryl methyl sites for hydroxylation is 2. The van der Waals surface area contributed by atoms with E-state index in [9.17, 15) is 14.0 Å². The van der Waals surface area contributed by atoms with Gasteiger partial charge in [0.2, 0.25) is 0 Å². The summed E-state index contributed by atoms with van der Waals surface area (Å²) >= 11 is 6.08. The van der Waals surface area contributed by atoms with Gasteiger partial charge in [0.1, 0.15) is 11.6 Å². The summed E-state index contributed by atoms with van der Waals surface area (Å²) in [7, 11) is 0. The summed E-state index contributed by atoms with van der Waals surface area (Å²) in [6, 6.07) is 13.3. The third-order valence-electron chi connectivity index (χ3n) is 4.83. The molecule has 0 saturated heterocycles. The number of aromatic nitrogens is 2. The molecule has 150 valence electrons. The zero-order valence-electron chi connectivity index (χ0n) is 16.2. The molecule has 0 radical (unpaired) electrons. The highest BCUT2D eigenvalue weighted by Gasteiger charge is 2.19. The first kappa shape index (κ1) is 20.7. The van der Waals surface area contributed by atoms with Crippen LogP contribution in [-0.2, 0) is 11.2 Å². The maximum Gasteiger partial charge on any atom is 0.251 e. The summed E-state index contributed by atoms with van der Waals surface area (Å²) in [5.74, 6) is -2.09. The molecule has 0 bridgehead atoms. The Balaban J connectivity index is 1.74. The van der Waals surface area contributed by atoms with Crippen molar-refractivity contribution in [2.75, 3.05) is 0 Å². The third kappa shape index (κ3) is 4.71. The van der Waals surface area contributed by atoms with Gasteiger partial charge in [-0.3, -0.25) is 9.59 Å². The van der Waals surface area contributed by atoms with Gasteiger partial charge in [-0.05, 0) is 55.3 Å². The van der Waals surface area contributed by atoms with Crippen LogP contribution in [0.25, 0.3) is 5.69 Å². The molecule has 5 nitrogen and oxygen atoms in total. The molecule has 1 atom stereocenters. The van der Waals surface area contributed by atoms with Crippen molar-refractivity contribution in [1.29, 1.82) is 0 Å². The van der Waals surface area contributed by atoms with Gasteiger partial charge in [-0.25, -0.2) is 9.07 Å². The van der Waals surface area contributed by atoms with Crippen molar-refractivity contribution in [2.45, 2.75) is 32.6 Å². The second-order valence-corrected chi connectivity index (χ2v) is 7.40. The lowest BCUT2D eigenvalue weighted by molar-refractivity contribution is -0.120. The van der Waals surface area contributed by atoms with Crippen LogP contribution in [0.1, 0.15) is 46.6 Å². The fourth-order valence-corrected chi connectivity index (χ4v) is 3.40. The summed E-state index contributed by atoms with van der Waals surface area (Å²) in [5.41, 5.74) is 8.00. The molecule has 29 heavy (non-hydrogen) atoms. The predicted molar refractivity (Wildman–Crippen MR) is 110 cm³/mol. The second kappa shape index (κ2) is 8.57. The normalized spacial score (nSPS) is 12.0. The first-order chi connectivity index (χ1) is 13.8. The van der Waals surface area contributed by atoms with E-state index < -0.39 is 17.6 Å². The quantitative estimate of drug-likeness (QED) is 0.624. The summed E-state index contributed by atoms with van der Waals surface area (Å²) in [5, 5.41) is 5.10. The van der Waals surface area contributed by atoms with Crippen LogP contribution in [0, 0.1) is 12.7 Å². The number of nitrogens with zero attached hydrogens (tertiary/aromatic N) is 2. The van der Waals surface area contributed by atoms with Crippen molar-refractivity contribution >= 4 is 23.3 Å². The van der Waals surface area contributed by atoms with E-state index in [-0.39, 0.29) is 17.8 Å². The highest BCUT2D eigenvalue weighted by atomic mass is 35.5. The van der Waals surface area contributed by atoms with Gasteiger partial charge >= 0.3 is 0 Å². The van der Waals surface area contributed by atoms with E-state index in [1.807, 2.05) is 31.2 Å². The Morgan fingerprint density at radius 3 is 2.62 bits per heavy atom. The van der Waals surface area contributed by atoms with Gasteiger partial charge < -0.3 is 5.73 Å². The maximum absolute atomic E-state index is 14.0. The Morgan fingerprint density at radius 2 is 1.97 bits per heavy atom. The van der Waals surface area contributed by atoms with Gasteiger partial charge in [0.05, 0.1) is 16.9 Å². The number of benzene rings is 2. The molecule has 1 amide bonds. The Labute approximate surface area is 173 Å². The monoisotopic (exact) mass is 413 g/mol. The van der Waals surface area contributed by atoms with E-state index in [0.717, 1.165) is 17.1 Å². The van der Waals surface area contributed by atoms with Crippen LogP contribution in [0.3, 0.4) is 0 Å². The highest BCUT2D eigenvalue weighted by Crippen LogP contribution is 2.23. The van der Waals surface area contributed by atoms with Gasteiger partial charge in [-0.15, -0.1) is 0 Å². The molecule has 2 N–H and O–H groups in total. The summed E-state index contributed by atoms with van der Waals surface area (Å²) < 4.78 is 15.8. The molecular formula is C22H21ClFN3O2. The molecule has 7 heteroatoms. The number of halogens is 2. The summed E-state index contributed by atoms with van der Waals surface area (Å²) in [6.45, 7) is 3.61. The number of amides is 1. The summed E-state index contributed by atoms with van der Waals surface area (Å²) in [6.07, 6.45) is 0.754. The Hall–Kier alpha value is -2.99. The minimum Gasteiger partial charge on any atom is -0.366 e. The first-order valence-electron chi connectivity index (χ1n) is 9.19. The second-order valence-electron chi connectivity index (χ2n) is 6.96. The lowest BCUT2D eigenvalue weighted by Crippen LogP contribution is -2.15. The van der Waals surface area contributed by atoms with E-state index >= 15 is 0 Å². The number of rotatable bonds is 7. The molecule has 3 aromatic rings. The zero-order chi connectivity index (χ0) is 21.1. The van der Waals surface area contributed by atoms with Gasteiger partial charge in [0.25, 0.3) is 5.91 Å². The SMILES string of the molecule is Cc1cc(CCC(=O)C(C)c2ccc(C(N)=O)c(F)c2)n(-c2cccc(Cl)c2)n1. The minimum absolute atomic E-state index is 0.0345. The van der Waals surface area contributed by atoms with Crippen molar-refractivity contribution in [3.8, 4) is 5.69 Å². The van der Waals surface area contributed by atoms with E-state index in [2.05, 4.69) is 5.10 Å². The average Bonchev–Trinajstić information content (AvgIpc) is 3.05. The van der Waals surface area contributed by atoms with Crippen LogP contribution in [0.5, 0.6) is 0 Å². The molecule has 3 rings (SSSR count). The fraction of sp³-hybridized carbons (Fsp3) is 0.227. The zero-order valence-corrected chi connectivity index (χ0v) is 16.9. The standard InChI is InChI=1S/C22H21ClFN3O2/c1-13-10-18(27(26-13)17-5-3-4-16(23)12-17)7-9-21(28)14(2)15-6-8-19(22(25)29)20(24)11-15/h3-6,8,10-12,14H,7,9H2,1-2H3,(H2,25,29). The van der Waals surface area contributed by atoms with Crippen molar-refractivity contribution in [3.05, 3.63) is 81.9 Å². The Morgan fingerprint density at radius 1 is 1.21 bits per heavy atom.